The third kappa shape index (κ3) is 8.93. The van der Waals surface area contributed by atoms with Crippen LogP contribution in [0.4, 0.5) is 0 Å². The summed E-state index contributed by atoms with van der Waals surface area (Å²) in [4.78, 5) is 4.42. The van der Waals surface area contributed by atoms with Crippen LogP contribution in [0.25, 0.3) is 0 Å². The summed E-state index contributed by atoms with van der Waals surface area (Å²) in [5.41, 5.74) is 2.18. The topological polar surface area (TPSA) is 68.3 Å². The summed E-state index contributed by atoms with van der Waals surface area (Å²) in [5, 5.41) is 0. The van der Waals surface area contributed by atoms with Crippen LogP contribution in [0.3, 0.4) is 0 Å². The quantitative estimate of drug-likeness (QED) is 0.118. The summed E-state index contributed by atoms with van der Waals surface area (Å²) in [7, 11) is 0. The first kappa shape index (κ1) is 28.4. The van der Waals surface area contributed by atoms with E-state index >= 15 is 0 Å². The molecule has 0 aliphatic heterocycles. The maximum absolute atomic E-state index is 5.95. The minimum atomic E-state index is 0.312. The van der Waals surface area contributed by atoms with Gasteiger partial charge in [0.25, 0.3) is 0 Å². The number of benzene rings is 4. The summed E-state index contributed by atoms with van der Waals surface area (Å²) in [6.45, 7) is 2.22. The van der Waals surface area contributed by atoms with Crippen LogP contribution in [-0.4, -0.2) is 31.4 Å². The molecule has 0 unspecified atom stereocenters. The molecule has 42 heavy (non-hydrogen) atoms. The lowest BCUT2D eigenvalue weighted by Gasteiger charge is -2.14. The summed E-state index contributed by atoms with van der Waals surface area (Å²) >= 11 is 0. The number of para-hydroxylation sites is 4. The molecule has 0 aliphatic carbocycles. The molecule has 1 aromatic heterocycles. The van der Waals surface area contributed by atoms with Gasteiger partial charge in [-0.15, -0.1) is 0 Å². The number of rotatable bonds is 16. The van der Waals surface area contributed by atoms with Crippen LogP contribution in [0, 0.1) is 0 Å². The SMILES string of the molecule is c1ccc(COc2ccccc2OCCOc2cccc(OCCOc3ccccc3OCc3ccccc3)n2)cc1. The molecule has 0 bridgehead atoms. The van der Waals surface area contributed by atoms with Gasteiger partial charge >= 0.3 is 0 Å². The molecule has 0 radical (unpaired) electrons. The monoisotopic (exact) mass is 563 g/mol. The van der Waals surface area contributed by atoms with Gasteiger partial charge in [-0.25, -0.2) is 0 Å². The first-order valence-electron chi connectivity index (χ1n) is 13.8. The van der Waals surface area contributed by atoms with E-state index in [0.717, 1.165) is 11.1 Å². The van der Waals surface area contributed by atoms with E-state index < -0.39 is 0 Å². The van der Waals surface area contributed by atoms with E-state index in [-0.39, 0.29) is 0 Å². The zero-order valence-corrected chi connectivity index (χ0v) is 23.3. The molecule has 0 saturated carbocycles. The second kappa shape index (κ2) is 15.6. The van der Waals surface area contributed by atoms with Crippen LogP contribution in [0.2, 0.25) is 0 Å². The van der Waals surface area contributed by atoms with Gasteiger partial charge < -0.3 is 28.4 Å². The van der Waals surface area contributed by atoms with E-state index in [1.54, 1.807) is 12.1 Å². The summed E-state index contributed by atoms with van der Waals surface area (Å²) in [6, 6.07) is 40.6. The highest BCUT2D eigenvalue weighted by molar-refractivity contribution is 5.40. The maximum atomic E-state index is 5.95. The zero-order valence-electron chi connectivity index (χ0n) is 23.3. The van der Waals surface area contributed by atoms with Crippen LogP contribution in [0.1, 0.15) is 11.1 Å². The van der Waals surface area contributed by atoms with Crippen molar-refractivity contribution in [3.63, 3.8) is 0 Å². The lowest BCUT2D eigenvalue weighted by Crippen LogP contribution is -2.12. The molecule has 0 atom stereocenters. The Morgan fingerprint density at radius 3 is 1.12 bits per heavy atom. The predicted molar refractivity (Wildman–Crippen MR) is 161 cm³/mol. The molecule has 0 saturated heterocycles. The summed E-state index contributed by atoms with van der Waals surface area (Å²) in [5.74, 6) is 3.59. The normalized spacial score (nSPS) is 10.5. The van der Waals surface area contributed by atoms with E-state index in [0.29, 0.717) is 74.4 Å². The Balaban J connectivity index is 1.03. The highest BCUT2D eigenvalue weighted by Gasteiger charge is 2.07. The Bertz CT molecular complexity index is 1390. The number of ether oxygens (including phenoxy) is 6. The largest absolute Gasteiger partial charge is 0.486 e. The van der Waals surface area contributed by atoms with Crippen molar-refractivity contribution in [3.8, 4) is 34.8 Å². The fourth-order valence-electron chi connectivity index (χ4n) is 4.00. The van der Waals surface area contributed by atoms with E-state index in [9.17, 15) is 0 Å². The molecule has 0 N–H and O–H groups in total. The van der Waals surface area contributed by atoms with Crippen molar-refractivity contribution in [2.75, 3.05) is 26.4 Å². The van der Waals surface area contributed by atoms with Gasteiger partial charge in [0.15, 0.2) is 23.0 Å². The maximum Gasteiger partial charge on any atom is 0.216 e. The molecule has 4 aromatic carbocycles. The standard InChI is InChI=1S/C35H33NO6/c1-3-12-28(13-4-1)26-41-32-18-9-7-16-30(32)37-22-24-39-34-20-11-21-35(36-34)40-25-23-38-31-17-8-10-19-33(31)42-27-29-14-5-2-6-15-29/h1-21H,22-27H2. The Morgan fingerprint density at radius 2 is 0.690 bits per heavy atom. The third-order valence-corrected chi connectivity index (χ3v) is 6.05. The third-order valence-electron chi connectivity index (χ3n) is 6.05. The van der Waals surface area contributed by atoms with Crippen molar-refractivity contribution in [1.82, 2.24) is 4.98 Å². The van der Waals surface area contributed by atoms with Crippen molar-refractivity contribution in [3.05, 3.63) is 139 Å². The molecule has 0 aliphatic rings. The lowest BCUT2D eigenvalue weighted by atomic mass is 10.2. The first-order chi connectivity index (χ1) is 20.8. The van der Waals surface area contributed by atoms with Gasteiger partial charge in [0.1, 0.15) is 39.6 Å². The smallest absolute Gasteiger partial charge is 0.216 e. The lowest BCUT2D eigenvalue weighted by molar-refractivity contribution is 0.191. The van der Waals surface area contributed by atoms with Gasteiger partial charge in [-0.3, -0.25) is 0 Å². The molecule has 0 amide bonds. The number of aromatic nitrogens is 1. The number of hydrogen-bond donors (Lipinski definition) is 0. The van der Waals surface area contributed by atoms with Crippen LogP contribution in [-0.2, 0) is 13.2 Å². The molecule has 214 valence electrons. The minimum absolute atomic E-state index is 0.312. The van der Waals surface area contributed by atoms with Crippen molar-refractivity contribution in [2.45, 2.75) is 13.2 Å². The van der Waals surface area contributed by atoms with E-state index in [1.807, 2.05) is 115 Å². The minimum Gasteiger partial charge on any atom is -0.486 e. The molecule has 7 nitrogen and oxygen atoms in total. The van der Waals surface area contributed by atoms with Gasteiger partial charge in [-0.05, 0) is 35.4 Å². The van der Waals surface area contributed by atoms with E-state index in [1.165, 1.54) is 0 Å². The molecular formula is C35H33NO6. The average Bonchev–Trinajstić information content (AvgIpc) is 3.05. The van der Waals surface area contributed by atoms with Crippen LogP contribution in [0.15, 0.2) is 127 Å². The van der Waals surface area contributed by atoms with Crippen molar-refractivity contribution in [1.29, 1.82) is 0 Å². The fraction of sp³-hybridized carbons (Fsp3) is 0.171. The summed E-state index contributed by atoms with van der Waals surface area (Å²) < 4.78 is 35.3. The average molecular weight is 564 g/mol. The summed E-state index contributed by atoms with van der Waals surface area (Å²) in [6.07, 6.45) is 0. The van der Waals surface area contributed by atoms with Crippen molar-refractivity contribution in [2.24, 2.45) is 0 Å². The van der Waals surface area contributed by atoms with Crippen molar-refractivity contribution < 1.29 is 28.4 Å². The van der Waals surface area contributed by atoms with Gasteiger partial charge in [0.2, 0.25) is 11.8 Å². The Kier molecular flexibility index (Phi) is 10.5. The molecule has 1 heterocycles. The van der Waals surface area contributed by atoms with Crippen LogP contribution >= 0.6 is 0 Å². The van der Waals surface area contributed by atoms with Gasteiger partial charge in [0, 0.05) is 12.1 Å². The second-order valence-corrected chi connectivity index (χ2v) is 9.15. The van der Waals surface area contributed by atoms with Crippen LogP contribution < -0.4 is 28.4 Å². The number of hydrogen-bond acceptors (Lipinski definition) is 7. The Labute approximate surface area is 246 Å². The van der Waals surface area contributed by atoms with E-state index in [2.05, 4.69) is 4.98 Å². The molecule has 0 fully saturated rings. The molecule has 5 rings (SSSR count). The molecule has 0 spiro atoms. The van der Waals surface area contributed by atoms with Gasteiger partial charge in [-0.2, -0.15) is 4.98 Å². The predicted octanol–water partition coefficient (Wildman–Crippen LogP) is 7.16. The number of pyridine rings is 1. The fourth-order valence-corrected chi connectivity index (χ4v) is 4.00. The second-order valence-electron chi connectivity index (χ2n) is 9.15. The van der Waals surface area contributed by atoms with Crippen molar-refractivity contribution >= 4 is 0 Å². The first-order valence-corrected chi connectivity index (χ1v) is 13.8. The zero-order chi connectivity index (χ0) is 28.7. The highest BCUT2D eigenvalue weighted by Crippen LogP contribution is 2.28. The van der Waals surface area contributed by atoms with E-state index in [4.69, 9.17) is 28.4 Å². The Hall–Kier alpha value is -5.17. The molecule has 5 aromatic rings. The van der Waals surface area contributed by atoms with Gasteiger partial charge in [-0.1, -0.05) is 91.0 Å². The molecule has 7 heteroatoms. The number of nitrogens with zero attached hydrogens (tertiary/aromatic N) is 1. The van der Waals surface area contributed by atoms with Gasteiger partial charge in [0.05, 0.1) is 0 Å². The van der Waals surface area contributed by atoms with Crippen LogP contribution in [0.5, 0.6) is 34.8 Å². The Morgan fingerprint density at radius 1 is 0.333 bits per heavy atom. The highest BCUT2D eigenvalue weighted by atomic mass is 16.6. The molecular weight excluding hydrogens is 530 g/mol.